The van der Waals surface area contributed by atoms with Crippen LogP contribution in [0.15, 0.2) is 36.7 Å². The van der Waals surface area contributed by atoms with Crippen LogP contribution in [0.3, 0.4) is 0 Å². The number of hydrogen-bond acceptors (Lipinski definition) is 4. The Labute approximate surface area is 145 Å². The van der Waals surface area contributed by atoms with E-state index in [9.17, 15) is 9.90 Å². The molecule has 0 aliphatic carbocycles. The van der Waals surface area contributed by atoms with E-state index in [2.05, 4.69) is 26.9 Å². The third-order valence-electron chi connectivity index (χ3n) is 5.01. The van der Waals surface area contributed by atoms with Crippen molar-refractivity contribution < 1.29 is 9.90 Å². The first-order valence-corrected chi connectivity index (χ1v) is 8.58. The maximum Gasteiger partial charge on any atom is 0.256 e. The van der Waals surface area contributed by atoms with Crippen LogP contribution >= 0.6 is 0 Å². The molecule has 0 saturated carbocycles. The number of nitrogens with one attached hydrogen (secondary N) is 1. The highest BCUT2D eigenvalue weighted by atomic mass is 16.3. The number of aliphatic hydroxyl groups is 1. The third-order valence-corrected chi connectivity index (χ3v) is 5.01. The number of carbonyl (C=O) groups is 1. The predicted octanol–water partition coefficient (Wildman–Crippen LogP) is 1.90. The second-order valence-electron chi connectivity index (χ2n) is 6.56. The standard InChI is InChI=1S/C18H21N5O2/c1-2-22-11-14(13-6-3-4-7-15(13)22)17(24)23-9-5-8-18(25,12-23)16-10-19-21-20-16/h3-4,6-7,10-11,25H,2,5,8-9,12H2,1H3,(H,19,20,21)/t18-/m1/s1. The van der Waals surface area contributed by atoms with Gasteiger partial charge in [-0.3, -0.25) is 4.79 Å². The summed E-state index contributed by atoms with van der Waals surface area (Å²) in [6.07, 6.45) is 4.73. The molecule has 1 atom stereocenters. The van der Waals surface area contributed by atoms with Gasteiger partial charge in [-0.1, -0.05) is 18.2 Å². The normalized spacial score (nSPS) is 21.0. The van der Waals surface area contributed by atoms with E-state index < -0.39 is 5.60 Å². The number of amides is 1. The summed E-state index contributed by atoms with van der Waals surface area (Å²) in [5, 5.41) is 22.2. The van der Waals surface area contributed by atoms with Crippen molar-refractivity contribution in [1.82, 2.24) is 24.9 Å². The van der Waals surface area contributed by atoms with E-state index in [1.807, 2.05) is 30.5 Å². The zero-order valence-electron chi connectivity index (χ0n) is 14.1. The van der Waals surface area contributed by atoms with Crippen LogP contribution in [0.25, 0.3) is 10.9 Å². The van der Waals surface area contributed by atoms with Crippen LogP contribution in [0, 0.1) is 0 Å². The van der Waals surface area contributed by atoms with Gasteiger partial charge in [0.2, 0.25) is 0 Å². The number of β-amino-alcohol motifs (C(OH)–C–C–N with tert-alkyl or cyclic N) is 1. The summed E-state index contributed by atoms with van der Waals surface area (Å²) in [6, 6.07) is 7.92. The van der Waals surface area contributed by atoms with Gasteiger partial charge in [0.05, 0.1) is 18.3 Å². The minimum atomic E-state index is -1.15. The van der Waals surface area contributed by atoms with Gasteiger partial charge in [0.25, 0.3) is 5.91 Å². The number of nitrogens with zero attached hydrogens (tertiary/aromatic N) is 4. The summed E-state index contributed by atoms with van der Waals surface area (Å²) in [5.74, 6) is -0.0509. The van der Waals surface area contributed by atoms with Gasteiger partial charge in [-0.05, 0) is 25.8 Å². The summed E-state index contributed by atoms with van der Waals surface area (Å²) in [6.45, 7) is 3.72. The molecule has 130 valence electrons. The van der Waals surface area contributed by atoms with Gasteiger partial charge in [0.15, 0.2) is 0 Å². The molecule has 3 heterocycles. The maximum atomic E-state index is 13.2. The van der Waals surface area contributed by atoms with Crippen molar-refractivity contribution in [2.24, 2.45) is 0 Å². The Morgan fingerprint density at radius 2 is 2.24 bits per heavy atom. The molecule has 0 bridgehead atoms. The second kappa shape index (κ2) is 6.00. The van der Waals surface area contributed by atoms with Crippen molar-refractivity contribution in [3.8, 4) is 0 Å². The molecular formula is C18H21N5O2. The van der Waals surface area contributed by atoms with Gasteiger partial charge in [-0.15, -0.1) is 0 Å². The lowest BCUT2D eigenvalue weighted by Crippen LogP contribution is -2.48. The molecule has 25 heavy (non-hydrogen) atoms. The smallest absolute Gasteiger partial charge is 0.256 e. The molecule has 7 nitrogen and oxygen atoms in total. The molecule has 4 rings (SSSR count). The number of aromatic nitrogens is 4. The molecule has 2 aromatic heterocycles. The van der Waals surface area contributed by atoms with Crippen molar-refractivity contribution in [2.75, 3.05) is 13.1 Å². The molecule has 1 aromatic carbocycles. The lowest BCUT2D eigenvalue weighted by molar-refractivity contribution is -0.0319. The number of aryl methyl sites for hydroxylation is 1. The Balaban J connectivity index is 1.67. The summed E-state index contributed by atoms with van der Waals surface area (Å²) in [7, 11) is 0. The largest absolute Gasteiger partial charge is 0.382 e. The Hall–Kier alpha value is -2.67. The maximum absolute atomic E-state index is 13.2. The molecule has 0 unspecified atom stereocenters. The number of piperidine rings is 1. The van der Waals surface area contributed by atoms with E-state index >= 15 is 0 Å². The fraction of sp³-hybridized carbons (Fsp3) is 0.389. The average Bonchev–Trinajstić information content (AvgIpc) is 3.29. The van der Waals surface area contributed by atoms with Crippen molar-refractivity contribution >= 4 is 16.8 Å². The first-order valence-electron chi connectivity index (χ1n) is 8.58. The Morgan fingerprint density at radius 1 is 1.40 bits per heavy atom. The van der Waals surface area contributed by atoms with Gasteiger partial charge in [-0.25, -0.2) is 0 Å². The van der Waals surface area contributed by atoms with E-state index in [0.717, 1.165) is 23.9 Å². The van der Waals surface area contributed by atoms with Gasteiger partial charge in [0.1, 0.15) is 11.3 Å². The third kappa shape index (κ3) is 2.60. The van der Waals surface area contributed by atoms with Crippen LogP contribution in [-0.2, 0) is 12.1 Å². The predicted molar refractivity (Wildman–Crippen MR) is 93.0 cm³/mol. The number of H-pyrrole nitrogens is 1. The number of aromatic amines is 1. The number of para-hydroxylation sites is 1. The number of hydrogen-bond donors (Lipinski definition) is 2. The zero-order valence-corrected chi connectivity index (χ0v) is 14.1. The molecule has 0 spiro atoms. The van der Waals surface area contributed by atoms with E-state index in [1.165, 1.54) is 6.20 Å². The van der Waals surface area contributed by atoms with Gasteiger partial charge >= 0.3 is 0 Å². The van der Waals surface area contributed by atoms with E-state index in [-0.39, 0.29) is 12.5 Å². The minimum absolute atomic E-state index is 0.0509. The lowest BCUT2D eigenvalue weighted by Gasteiger charge is -2.37. The fourth-order valence-corrected chi connectivity index (χ4v) is 3.69. The van der Waals surface area contributed by atoms with Gasteiger partial charge in [-0.2, -0.15) is 15.4 Å². The number of benzene rings is 1. The quantitative estimate of drug-likeness (QED) is 0.763. The molecule has 1 amide bonds. The van der Waals surface area contributed by atoms with Crippen LogP contribution in [-0.4, -0.2) is 49.0 Å². The number of fused-ring (bicyclic) bond motifs is 1. The highest BCUT2D eigenvalue weighted by Gasteiger charge is 2.39. The minimum Gasteiger partial charge on any atom is -0.382 e. The SMILES string of the molecule is CCn1cc(C(=O)N2CCC[C@](O)(c3cn[nH]n3)C2)c2ccccc21. The van der Waals surface area contributed by atoms with Crippen molar-refractivity contribution in [1.29, 1.82) is 0 Å². The Bertz CT molecular complexity index is 901. The molecule has 1 fully saturated rings. The van der Waals surface area contributed by atoms with Crippen LogP contribution in [0.5, 0.6) is 0 Å². The highest BCUT2D eigenvalue weighted by molar-refractivity contribution is 6.07. The molecule has 1 aliphatic rings. The van der Waals surface area contributed by atoms with E-state index in [1.54, 1.807) is 4.90 Å². The number of likely N-dealkylation sites (tertiary alicyclic amines) is 1. The van der Waals surface area contributed by atoms with Crippen LogP contribution in [0.4, 0.5) is 0 Å². The number of rotatable bonds is 3. The average molecular weight is 339 g/mol. The summed E-state index contributed by atoms with van der Waals surface area (Å²) in [5.41, 5.74) is 1.07. The molecule has 7 heteroatoms. The molecule has 2 N–H and O–H groups in total. The first-order chi connectivity index (χ1) is 12.1. The summed E-state index contributed by atoms with van der Waals surface area (Å²) in [4.78, 5) is 14.9. The van der Waals surface area contributed by atoms with Crippen molar-refractivity contribution in [3.63, 3.8) is 0 Å². The van der Waals surface area contributed by atoms with E-state index in [0.29, 0.717) is 24.2 Å². The van der Waals surface area contributed by atoms with Crippen molar-refractivity contribution in [2.45, 2.75) is 31.9 Å². The molecule has 1 saturated heterocycles. The van der Waals surface area contributed by atoms with Crippen molar-refractivity contribution in [3.05, 3.63) is 47.9 Å². The lowest BCUT2D eigenvalue weighted by atomic mass is 9.89. The van der Waals surface area contributed by atoms with Gasteiger partial charge < -0.3 is 14.6 Å². The monoisotopic (exact) mass is 339 g/mol. The Kier molecular flexibility index (Phi) is 3.80. The summed E-state index contributed by atoms with van der Waals surface area (Å²) >= 11 is 0. The van der Waals surface area contributed by atoms with Gasteiger partial charge in [0, 0.05) is 30.2 Å². The Morgan fingerprint density at radius 3 is 3.00 bits per heavy atom. The zero-order chi connectivity index (χ0) is 17.4. The van der Waals surface area contributed by atoms with Crippen LogP contribution in [0.2, 0.25) is 0 Å². The van der Waals surface area contributed by atoms with E-state index in [4.69, 9.17) is 0 Å². The van der Waals surface area contributed by atoms with Crippen LogP contribution < -0.4 is 0 Å². The molecule has 1 aliphatic heterocycles. The molecule has 3 aromatic rings. The molecule has 0 radical (unpaired) electrons. The number of carbonyl (C=O) groups excluding carboxylic acids is 1. The molecular weight excluding hydrogens is 318 g/mol. The summed E-state index contributed by atoms with van der Waals surface area (Å²) < 4.78 is 2.08. The highest BCUT2D eigenvalue weighted by Crippen LogP contribution is 2.31. The topological polar surface area (TPSA) is 87.0 Å². The van der Waals surface area contributed by atoms with Crippen LogP contribution in [0.1, 0.15) is 35.8 Å². The second-order valence-corrected chi connectivity index (χ2v) is 6.56. The first kappa shape index (κ1) is 15.8. The fourth-order valence-electron chi connectivity index (χ4n) is 3.69.